The van der Waals surface area contributed by atoms with E-state index in [2.05, 4.69) is 16.7 Å². The van der Waals surface area contributed by atoms with Gasteiger partial charge in [-0.25, -0.2) is 4.39 Å². The van der Waals surface area contributed by atoms with Gasteiger partial charge in [-0.05, 0) is 42.8 Å². The minimum absolute atomic E-state index is 0.140. The molecule has 1 aliphatic rings. The number of benzene rings is 2. The van der Waals surface area contributed by atoms with E-state index in [0.29, 0.717) is 12.1 Å². The Bertz CT molecular complexity index is 931. The molecule has 0 aliphatic carbocycles. The first kappa shape index (κ1) is 15.6. The average Bonchev–Trinajstić information content (AvgIpc) is 3.09. The number of amides is 1. The SMILES string of the molecule is Cc1cccc([C@H]2c3cccn3CCN2C(=O)c2cccc(F)c2)c1. The van der Waals surface area contributed by atoms with Crippen LogP contribution in [0.15, 0.2) is 66.9 Å². The molecule has 0 radical (unpaired) electrons. The standard InChI is InChI=1S/C21H19FN2O/c1-15-5-2-6-16(13-15)20-19-9-4-10-23(19)11-12-24(20)21(25)17-7-3-8-18(22)14-17/h2-10,13-14,20H,11-12H2,1H3/t20-/m0/s1. The van der Waals surface area contributed by atoms with E-state index >= 15 is 0 Å². The molecular formula is C21H19FN2O. The Morgan fingerprint density at radius 2 is 1.88 bits per heavy atom. The molecular weight excluding hydrogens is 315 g/mol. The molecule has 0 N–H and O–H groups in total. The van der Waals surface area contributed by atoms with Gasteiger partial charge in [-0.2, -0.15) is 0 Å². The summed E-state index contributed by atoms with van der Waals surface area (Å²) in [7, 11) is 0. The van der Waals surface area contributed by atoms with E-state index in [1.165, 1.54) is 12.1 Å². The van der Waals surface area contributed by atoms with Crippen molar-refractivity contribution in [3.05, 3.63) is 95.1 Å². The smallest absolute Gasteiger partial charge is 0.254 e. The Balaban J connectivity index is 1.79. The number of carbonyl (C=O) groups excluding carboxylic acids is 1. The van der Waals surface area contributed by atoms with Gasteiger partial charge in [-0.3, -0.25) is 4.79 Å². The van der Waals surface area contributed by atoms with E-state index in [1.807, 2.05) is 42.3 Å². The topological polar surface area (TPSA) is 25.2 Å². The number of aromatic nitrogens is 1. The lowest BCUT2D eigenvalue weighted by Crippen LogP contribution is -2.42. The molecule has 3 aromatic rings. The second-order valence-electron chi connectivity index (χ2n) is 6.45. The summed E-state index contributed by atoms with van der Waals surface area (Å²) in [4.78, 5) is 14.9. The van der Waals surface area contributed by atoms with Gasteiger partial charge in [0.2, 0.25) is 0 Å². The summed E-state index contributed by atoms with van der Waals surface area (Å²) >= 11 is 0. The highest BCUT2D eigenvalue weighted by atomic mass is 19.1. The largest absolute Gasteiger partial charge is 0.348 e. The van der Waals surface area contributed by atoms with E-state index in [4.69, 9.17) is 0 Å². The van der Waals surface area contributed by atoms with Crippen molar-refractivity contribution in [2.75, 3.05) is 6.54 Å². The van der Waals surface area contributed by atoms with Crippen molar-refractivity contribution in [3.63, 3.8) is 0 Å². The first-order valence-corrected chi connectivity index (χ1v) is 8.41. The minimum atomic E-state index is -0.390. The minimum Gasteiger partial charge on any atom is -0.348 e. The maximum atomic E-state index is 13.6. The van der Waals surface area contributed by atoms with E-state index in [9.17, 15) is 9.18 Å². The van der Waals surface area contributed by atoms with Crippen molar-refractivity contribution in [1.82, 2.24) is 9.47 Å². The van der Waals surface area contributed by atoms with Crippen LogP contribution >= 0.6 is 0 Å². The van der Waals surface area contributed by atoms with Crippen LogP contribution in [-0.2, 0) is 6.54 Å². The number of fused-ring (bicyclic) bond motifs is 1. The van der Waals surface area contributed by atoms with Gasteiger partial charge in [-0.15, -0.1) is 0 Å². The van der Waals surface area contributed by atoms with E-state index < -0.39 is 5.82 Å². The Hall–Kier alpha value is -2.88. The molecule has 1 aliphatic heterocycles. The number of nitrogens with zero attached hydrogens (tertiary/aromatic N) is 2. The van der Waals surface area contributed by atoms with Gasteiger partial charge in [0.1, 0.15) is 5.82 Å². The van der Waals surface area contributed by atoms with Gasteiger partial charge in [0.25, 0.3) is 5.91 Å². The zero-order chi connectivity index (χ0) is 17.4. The summed E-state index contributed by atoms with van der Waals surface area (Å²) in [6.07, 6.45) is 2.04. The summed E-state index contributed by atoms with van der Waals surface area (Å²) in [5.41, 5.74) is 3.70. The van der Waals surface area contributed by atoms with E-state index in [0.717, 1.165) is 23.4 Å². The summed E-state index contributed by atoms with van der Waals surface area (Å²) < 4.78 is 15.8. The van der Waals surface area contributed by atoms with Crippen LogP contribution in [0, 0.1) is 12.7 Å². The van der Waals surface area contributed by atoms with Gasteiger partial charge in [-0.1, -0.05) is 35.9 Å². The van der Waals surface area contributed by atoms with Crippen molar-refractivity contribution in [2.45, 2.75) is 19.5 Å². The predicted molar refractivity (Wildman–Crippen MR) is 94.9 cm³/mol. The Morgan fingerprint density at radius 3 is 2.68 bits per heavy atom. The molecule has 126 valence electrons. The maximum absolute atomic E-state index is 13.6. The first-order valence-electron chi connectivity index (χ1n) is 8.41. The molecule has 0 fully saturated rings. The second kappa shape index (κ2) is 6.20. The van der Waals surface area contributed by atoms with Crippen molar-refractivity contribution >= 4 is 5.91 Å². The molecule has 1 amide bonds. The molecule has 0 unspecified atom stereocenters. The summed E-state index contributed by atoms with van der Waals surface area (Å²) in [5.74, 6) is -0.531. The van der Waals surface area contributed by atoms with Gasteiger partial charge < -0.3 is 9.47 Å². The Labute approximate surface area is 146 Å². The van der Waals surface area contributed by atoms with Crippen molar-refractivity contribution < 1.29 is 9.18 Å². The fraction of sp³-hybridized carbons (Fsp3) is 0.190. The average molecular weight is 334 g/mol. The molecule has 0 saturated carbocycles. The molecule has 2 aromatic carbocycles. The maximum Gasteiger partial charge on any atom is 0.254 e. The Morgan fingerprint density at radius 1 is 1.04 bits per heavy atom. The molecule has 3 nitrogen and oxygen atoms in total. The normalized spacial score (nSPS) is 16.6. The molecule has 1 aromatic heterocycles. The number of aryl methyl sites for hydroxylation is 1. The highest BCUT2D eigenvalue weighted by Gasteiger charge is 2.32. The zero-order valence-corrected chi connectivity index (χ0v) is 14.0. The fourth-order valence-electron chi connectivity index (χ4n) is 3.58. The third kappa shape index (κ3) is 2.84. The van der Waals surface area contributed by atoms with Crippen LogP contribution in [0.1, 0.15) is 33.2 Å². The Kier molecular flexibility index (Phi) is 3.88. The first-order chi connectivity index (χ1) is 12.1. The van der Waals surface area contributed by atoms with Crippen LogP contribution in [0.2, 0.25) is 0 Å². The number of rotatable bonds is 2. The van der Waals surface area contributed by atoms with Gasteiger partial charge in [0.05, 0.1) is 6.04 Å². The quantitative estimate of drug-likeness (QED) is 0.690. The van der Waals surface area contributed by atoms with Gasteiger partial charge >= 0.3 is 0 Å². The van der Waals surface area contributed by atoms with Crippen LogP contribution in [0.5, 0.6) is 0 Å². The van der Waals surface area contributed by atoms with Gasteiger partial charge in [0, 0.05) is 30.5 Å². The lowest BCUT2D eigenvalue weighted by atomic mass is 9.97. The zero-order valence-electron chi connectivity index (χ0n) is 14.0. The third-order valence-corrected chi connectivity index (χ3v) is 4.73. The van der Waals surface area contributed by atoms with Crippen molar-refractivity contribution in [3.8, 4) is 0 Å². The molecule has 1 atom stereocenters. The molecule has 0 bridgehead atoms. The van der Waals surface area contributed by atoms with Crippen LogP contribution in [0.4, 0.5) is 4.39 Å². The molecule has 4 heteroatoms. The van der Waals surface area contributed by atoms with Crippen LogP contribution in [-0.4, -0.2) is 21.9 Å². The number of carbonyl (C=O) groups is 1. The predicted octanol–water partition coefficient (Wildman–Crippen LogP) is 4.18. The van der Waals surface area contributed by atoms with Gasteiger partial charge in [0.15, 0.2) is 0 Å². The van der Waals surface area contributed by atoms with E-state index in [-0.39, 0.29) is 11.9 Å². The summed E-state index contributed by atoms with van der Waals surface area (Å²) in [6.45, 7) is 3.38. The van der Waals surface area contributed by atoms with Crippen molar-refractivity contribution in [1.29, 1.82) is 0 Å². The van der Waals surface area contributed by atoms with Crippen molar-refractivity contribution in [2.24, 2.45) is 0 Å². The van der Waals surface area contributed by atoms with Crippen LogP contribution in [0.25, 0.3) is 0 Å². The molecule has 0 spiro atoms. The van der Waals surface area contributed by atoms with Crippen LogP contribution in [0.3, 0.4) is 0 Å². The summed E-state index contributed by atoms with van der Waals surface area (Å²) in [5, 5.41) is 0. The third-order valence-electron chi connectivity index (χ3n) is 4.73. The number of halogens is 1. The summed E-state index contributed by atoms with van der Waals surface area (Å²) in [6, 6.07) is 18.0. The highest BCUT2D eigenvalue weighted by Crippen LogP contribution is 2.33. The van der Waals surface area contributed by atoms with Crippen LogP contribution < -0.4 is 0 Å². The molecule has 0 saturated heterocycles. The molecule has 25 heavy (non-hydrogen) atoms. The lowest BCUT2D eigenvalue weighted by Gasteiger charge is -2.37. The fourth-order valence-corrected chi connectivity index (χ4v) is 3.58. The number of hydrogen-bond donors (Lipinski definition) is 0. The molecule has 4 rings (SSSR count). The van der Waals surface area contributed by atoms with E-state index in [1.54, 1.807) is 12.1 Å². The monoisotopic (exact) mass is 334 g/mol. The highest BCUT2D eigenvalue weighted by molar-refractivity contribution is 5.94. The molecule has 2 heterocycles. The second-order valence-corrected chi connectivity index (χ2v) is 6.45. The number of hydrogen-bond acceptors (Lipinski definition) is 1. The lowest BCUT2D eigenvalue weighted by molar-refractivity contribution is 0.0663.